The average Bonchev–Trinajstić information content (AvgIpc) is 3.45. The van der Waals surface area contributed by atoms with Crippen LogP contribution in [0.15, 0.2) is 36.7 Å². The highest BCUT2D eigenvalue weighted by molar-refractivity contribution is 6.03. The molecule has 24 heavy (non-hydrogen) atoms. The van der Waals surface area contributed by atoms with E-state index in [-0.39, 0.29) is 18.3 Å². The van der Waals surface area contributed by atoms with E-state index in [0.29, 0.717) is 17.5 Å². The van der Waals surface area contributed by atoms with Gasteiger partial charge in [0, 0.05) is 30.9 Å². The third-order valence-corrected chi connectivity index (χ3v) is 4.72. The minimum absolute atomic E-state index is 0. The van der Waals surface area contributed by atoms with Gasteiger partial charge in [0.15, 0.2) is 0 Å². The summed E-state index contributed by atoms with van der Waals surface area (Å²) in [6, 6.07) is 8.87. The van der Waals surface area contributed by atoms with Gasteiger partial charge in [-0.15, -0.1) is 12.4 Å². The van der Waals surface area contributed by atoms with Crippen LogP contribution < -0.4 is 10.6 Å². The molecule has 4 rings (SSSR count). The molecule has 0 saturated heterocycles. The number of aryl methyl sites for hydroxylation is 1. The van der Waals surface area contributed by atoms with Crippen LogP contribution in [0, 0.1) is 5.92 Å². The molecule has 128 valence electrons. The lowest BCUT2D eigenvalue weighted by atomic mass is 10.1. The lowest BCUT2D eigenvalue weighted by Gasteiger charge is -2.06. The Bertz CT molecular complexity index is 708. The van der Waals surface area contributed by atoms with Crippen LogP contribution >= 0.6 is 12.4 Å². The Morgan fingerprint density at radius 2 is 2.04 bits per heavy atom. The topological polar surface area (TPSA) is 59.0 Å². The van der Waals surface area contributed by atoms with Crippen LogP contribution in [0.5, 0.6) is 0 Å². The van der Waals surface area contributed by atoms with Crippen LogP contribution in [0.2, 0.25) is 0 Å². The summed E-state index contributed by atoms with van der Waals surface area (Å²) in [5, 5.41) is 10.6. The first-order chi connectivity index (χ1) is 11.2. The van der Waals surface area contributed by atoms with Crippen LogP contribution in [0.25, 0.3) is 0 Å². The second kappa shape index (κ2) is 6.95. The smallest absolute Gasteiger partial charge is 0.258 e. The number of aromatic nitrogens is 2. The zero-order valence-corrected chi connectivity index (χ0v) is 14.6. The van der Waals surface area contributed by atoms with E-state index in [9.17, 15) is 4.79 Å². The van der Waals surface area contributed by atoms with Gasteiger partial charge in [-0.1, -0.05) is 12.1 Å². The van der Waals surface area contributed by atoms with Gasteiger partial charge in [0.05, 0.1) is 11.8 Å². The van der Waals surface area contributed by atoms with Gasteiger partial charge in [0.2, 0.25) is 0 Å². The number of carbonyl (C=O) groups excluding carboxylic acids is 1. The maximum Gasteiger partial charge on any atom is 0.258 e. The number of anilines is 1. The molecule has 2 N–H and O–H groups in total. The third-order valence-electron chi connectivity index (χ3n) is 4.72. The molecule has 0 aliphatic heterocycles. The second-order valence-electron chi connectivity index (χ2n) is 6.78. The van der Waals surface area contributed by atoms with Gasteiger partial charge in [-0.25, -0.2) is 0 Å². The molecular formula is C18H23ClN4O. The highest BCUT2D eigenvalue weighted by Crippen LogP contribution is 2.41. The predicted molar refractivity (Wildman–Crippen MR) is 96.7 cm³/mol. The standard InChI is InChI=1S/C18H22N4O.ClH/c1-22-11-14(10-20-22)18(23)21-15-6-4-13(5-7-15)16-8-17(16)19-9-12-2-3-12;/h4-7,10-12,16-17,19H,2-3,8-9H2,1H3,(H,21,23);1H. The first-order valence-corrected chi connectivity index (χ1v) is 8.32. The number of hydrogen-bond donors (Lipinski definition) is 2. The van der Waals surface area contributed by atoms with Crippen molar-refractivity contribution in [3.05, 3.63) is 47.8 Å². The molecule has 2 aliphatic carbocycles. The number of carbonyl (C=O) groups is 1. The predicted octanol–water partition coefficient (Wildman–Crippen LogP) is 2.95. The molecule has 2 fully saturated rings. The van der Waals surface area contributed by atoms with Crippen molar-refractivity contribution in [2.75, 3.05) is 11.9 Å². The van der Waals surface area contributed by atoms with Crippen molar-refractivity contribution in [2.45, 2.75) is 31.2 Å². The highest BCUT2D eigenvalue weighted by Gasteiger charge is 2.38. The maximum absolute atomic E-state index is 12.1. The third kappa shape index (κ3) is 3.97. The zero-order valence-electron chi connectivity index (χ0n) is 13.7. The zero-order chi connectivity index (χ0) is 15.8. The lowest BCUT2D eigenvalue weighted by Crippen LogP contribution is -2.20. The molecule has 0 radical (unpaired) electrons. The van der Waals surface area contributed by atoms with Crippen LogP contribution in [0.3, 0.4) is 0 Å². The van der Waals surface area contributed by atoms with Gasteiger partial charge in [-0.3, -0.25) is 9.48 Å². The molecule has 1 heterocycles. The van der Waals surface area contributed by atoms with Crippen molar-refractivity contribution in [2.24, 2.45) is 13.0 Å². The minimum atomic E-state index is -0.124. The molecule has 2 aromatic rings. The largest absolute Gasteiger partial charge is 0.322 e. The fraction of sp³-hybridized carbons (Fsp3) is 0.444. The molecule has 0 bridgehead atoms. The van der Waals surface area contributed by atoms with Crippen LogP contribution in [-0.4, -0.2) is 28.3 Å². The summed E-state index contributed by atoms with van der Waals surface area (Å²) in [5.41, 5.74) is 2.76. The molecule has 0 spiro atoms. The van der Waals surface area contributed by atoms with Gasteiger partial charge in [-0.2, -0.15) is 5.10 Å². The molecule has 2 unspecified atom stereocenters. The van der Waals surface area contributed by atoms with Crippen LogP contribution in [-0.2, 0) is 7.05 Å². The molecule has 1 aromatic heterocycles. The monoisotopic (exact) mass is 346 g/mol. The SMILES string of the molecule is Cl.Cn1cc(C(=O)Nc2ccc(C3CC3NCC3CC3)cc2)cn1. The van der Waals surface area contributed by atoms with Gasteiger partial charge < -0.3 is 10.6 Å². The second-order valence-corrected chi connectivity index (χ2v) is 6.78. The van der Waals surface area contributed by atoms with Crippen molar-refractivity contribution in [1.29, 1.82) is 0 Å². The van der Waals surface area contributed by atoms with Gasteiger partial charge in [0.1, 0.15) is 0 Å². The number of hydrogen-bond acceptors (Lipinski definition) is 3. The summed E-state index contributed by atoms with van der Waals surface area (Å²) in [4.78, 5) is 12.1. The highest BCUT2D eigenvalue weighted by atomic mass is 35.5. The molecule has 2 aliphatic rings. The Morgan fingerprint density at radius 1 is 1.29 bits per heavy atom. The van der Waals surface area contributed by atoms with E-state index in [1.807, 2.05) is 12.1 Å². The molecule has 5 nitrogen and oxygen atoms in total. The first-order valence-electron chi connectivity index (χ1n) is 8.32. The van der Waals surface area contributed by atoms with Crippen LogP contribution in [0.4, 0.5) is 5.69 Å². The fourth-order valence-electron chi connectivity index (χ4n) is 2.98. The van der Waals surface area contributed by atoms with Gasteiger partial charge in [-0.05, 0) is 49.4 Å². The van der Waals surface area contributed by atoms with Crippen molar-refractivity contribution in [1.82, 2.24) is 15.1 Å². The summed E-state index contributed by atoms with van der Waals surface area (Å²) in [5.74, 6) is 1.44. The average molecular weight is 347 g/mol. The van der Waals surface area contributed by atoms with Gasteiger partial charge in [0.25, 0.3) is 5.91 Å². The number of benzene rings is 1. The number of halogens is 1. The van der Waals surface area contributed by atoms with E-state index in [2.05, 4.69) is 27.9 Å². The quantitative estimate of drug-likeness (QED) is 0.845. The molecule has 1 aromatic carbocycles. The van der Waals surface area contributed by atoms with Crippen molar-refractivity contribution >= 4 is 24.0 Å². The molecule has 2 atom stereocenters. The van der Waals surface area contributed by atoms with E-state index >= 15 is 0 Å². The Hall–Kier alpha value is -1.85. The van der Waals surface area contributed by atoms with Crippen molar-refractivity contribution in [3.8, 4) is 0 Å². The molecule has 1 amide bonds. The summed E-state index contributed by atoms with van der Waals surface area (Å²) < 4.78 is 1.62. The Kier molecular flexibility index (Phi) is 4.92. The summed E-state index contributed by atoms with van der Waals surface area (Å²) >= 11 is 0. The van der Waals surface area contributed by atoms with E-state index in [1.165, 1.54) is 31.4 Å². The molecule has 2 saturated carbocycles. The number of rotatable bonds is 6. The Morgan fingerprint density at radius 3 is 2.67 bits per heavy atom. The molecule has 6 heteroatoms. The van der Waals surface area contributed by atoms with Crippen molar-refractivity contribution in [3.63, 3.8) is 0 Å². The first kappa shape index (κ1) is 17.0. The Balaban J connectivity index is 0.00000169. The molecular weight excluding hydrogens is 324 g/mol. The number of nitrogens with one attached hydrogen (secondary N) is 2. The minimum Gasteiger partial charge on any atom is -0.322 e. The summed E-state index contributed by atoms with van der Waals surface area (Å²) in [6.45, 7) is 1.18. The van der Waals surface area contributed by atoms with E-state index < -0.39 is 0 Å². The summed E-state index contributed by atoms with van der Waals surface area (Å²) in [7, 11) is 1.80. The number of nitrogens with zero attached hydrogens (tertiary/aromatic N) is 2. The number of amides is 1. The van der Waals surface area contributed by atoms with E-state index in [1.54, 1.807) is 24.1 Å². The van der Waals surface area contributed by atoms with Crippen molar-refractivity contribution < 1.29 is 4.79 Å². The van der Waals surface area contributed by atoms with E-state index in [4.69, 9.17) is 0 Å². The Labute approximate surface area is 148 Å². The normalized spacial score (nSPS) is 21.9. The van der Waals surface area contributed by atoms with E-state index in [0.717, 1.165) is 11.6 Å². The maximum atomic E-state index is 12.1. The summed E-state index contributed by atoms with van der Waals surface area (Å²) in [6.07, 6.45) is 7.31. The van der Waals surface area contributed by atoms with Gasteiger partial charge >= 0.3 is 0 Å². The lowest BCUT2D eigenvalue weighted by molar-refractivity contribution is 0.102. The fourth-order valence-corrected chi connectivity index (χ4v) is 2.98. The van der Waals surface area contributed by atoms with Crippen LogP contribution in [0.1, 0.15) is 41.1 Å².